The number of nitrogens with zero attached hydrogens (tertiary/aromatic N) is 1. The average molecular weight is 154 g/mol. The molecule has 0 aliphatic heterocycles. The molecular formula is C7H10N2S. The number of nitrogens with two attached hydrogens (primary N) is 1. The third kappa shape index (κ3) is 1.84. The van der Waals surface area contributed by atoms with Crippen molar-refractivity contribution in [2.45, 2.75) is 13.3 Å². The average Bonchev–Trinajstić information content (AvgIpc) is 2.31. The van der Waals surface area contributed by atoms with E-state index in [9.17, 15) is 0 Å². The SMILES string of the molecule is C/C=C/Cc1cnc(N)s1. The van der Waals surface area contributed by atoms with Gasteiger partial charge in [-0.25, -0.2) is 4.98 Å². The maximum absolute atomic E-state index is 5.43. The zero-order valence-electron chi connectivity index (χ0n) is 5.87. The normalized spacial score (nSPS) is 10.9. The van der Waals surface area contributed by atoms with Crippen molar-refractivity contribution in [3.8, 4) is 0 Å². The third-order valence-electron chi connectivity index (χ3n) is 1.13. The number of rotatable bonds is 2. The van der Waals surface area contributed by atoms with Crippen LogP contribution in [0.2, 0.25) is 0 Å². The summed E-state index contributed by atoms with van der Waals surface area (Å²) < 4.78 is 0. The molecule has 54 valence electrons. The molecule has 3 heteroatoms. The van der Waals surface area contributed by atoms with Crippen molar-refractivity contribution < 1.29 is 0 Å². The summed E-state index contributed by atoms with van der Waals surface area (Å²) in [6, 6.07) is 0. The van der Waals surface area contributed by atoms with Gasteiger partial charge in [-0.1, -0.05) is 12.2 Å². The summed E-state index contributed by atoms with van der Waals surface area (Å²) in [5, 5.41) is 0.652. The number of nitrogen functional groups attached to an aromatic ring is 1. The molecule has 0 radical (unpaired) electrons. The topological polar surface area (TPSA) is 38.9 Å². The first kappa shape index (κ1) is 7.28. The van der Waals surface area contributed by atoms with E-state index in [1.807, 2.05) is 19.2 Å². The van der Waals surface area contributed by atoms with Crippen molar-refractivity contribution >= 4 is 16.5 Å². The second-order valence-corrected chi connectivity index (χ2v) is 3.08. The van der Waals surface area contributed by atoms with Crippen LogP contribution in [0, 0.1) is 0 Å². The van der Waals surface area contributed by atoms with E-state index >= 15 is 0 Å². The highest BCUT2D eigenvalue weighted by Crippen LogP contribution is 2.14. The summed E-state index contributed by atoms with van der Waals surface area (Å²) in [6.45, 7) is 2.00. The first-order chi connectivity index (χ1) is 4.83. The molecule has 1 aromatic heterocycles. The summed E-state index contributed by atoms with van der Waals surface area (Å²) in [5.74, 6) is 0. The Morgan fingerprint density at radius 3 is 3.10 bits per heavy atom. The Balaban J connectivity index is 2.58. The van der Waals surface area contributed by atoms with Gasteiger partial charge in [-0.2, -0.15) is 0 Å². The number of aromatic nitrogens is 1. The van der Waals surface area contributed by atoms with Crippen LogP contribution < -0.4 is 5.73 Å². The summed E-state index contributed by atoms with van der Waals surface area (Å²) in [5.41, 5.74) is 5.43. The van der Waals surface area contributed by atoms with Gasteiger partial charge < -0.3 is 5.73 Å². The summed E-state index contributed by atoms with van der Waals surface area (Å²) in [4.78, 5) is 5.15. The molecule has 0 saturated heterocycles. The Hall–Kier alpha value is -0.830. The lowest BCUT2D eigenvalue weighted by molar-refractivity contribution is 1.28. The highest BCUT2D eigenvalue weighted by molar-refractivity contribution is 7.15. The summed E-state index contributed by atoms with van der Waals surface area (Å²) >= 11 is 1.54. The minimum Gasteiger partial charge on any atom is -0.375 e. The highest BCUT2D eigenvalue weighted by Gasteiger charge is 1.93. The zero-order valence-corrected chi connectivity index (χ0v) is 6.69. The van der Waals surface area contributed by atoms with Crippen molar-refractivity contribution in [1.82, 2.24) is 4.98 Å². The van der Waals surface area contributed by atoms with Crippen LogP contribution in [0.3, 0.4) is 0 Å². The van der Waals surface area contributed by atoms with Gasteiger partial charge in [-0.3, -0.25) is 0 Å². The van der Waals surface area contributed by atoms with Gasteiger partial charge in [0.1, 0.15) is 0 Å². The molecule has 0 atom stereocenters. The predicted octanol–water partition coefficient (Wildman–Crippen LogP) is 1.84. The Morgan fingerprint density at radius 1 is 1.80 bits per heavy atom. The first-order valence-electron chi connectivity index (χ1n) is 3.14. The van der Waals surface area contributed by atoms with E-state index in [0.29, 0.717) is 5.13 Å². The Morgan fingerprint density at radius 2 is 2.60 bits per heavy atom. The van der Waals surface area contributed by atoms with Crippen LogP contribution >= 0.6 is 11.3 Å². The number of anilines is 1. The molecule has 0 aliphatic rings. The quantitative estimate of drug-likeness (QED) is 0.660. The number of thiazole rings is 1. The van der Waals surface area contributed by atoms with Crippen LogP contribution in [0.4, 0.5) is 5.13 Å². The highest BCUT2D eigenvalue weighted by atomic mass is 32.1. The summed E-state index contributed by atoms with van der Waals surface area (Å²) in [6.07, 6.45) is 6.88. The number of hydrogen-bond acceptors (Lipinski definition) is 3. The van der Waals surface area contributed by atoms with Gasteiger partial charge in [0.2, 0.25) is 0 Å². The molecule has 0 aliphatic carbocycles. The fraction of sp³-hybridized carbons (Fsp3) is 0.286. The van der Waals surface area contributed by atoms with E-state index in [1.54, 1.807) is 11.3 Å². The van der Waals surface area contributed by atoms with Gasteiger partial charge in [0.05, 0.1) is 0 Å². The molecule has 10 heavy (non-hydrogen) atoms. The molecule has 0 spiro atoms. The maximum atomic E-state index is 5.43. The molecule has 0 fully saturated rings. The van der Waals surface area contributed by atoms with Gasteiger partial charge in [0.25, 0.3) is 0 Å². The van der Waals surface area contributed by atoms with Crippen molar-refractivity contribution in [3.05, 3.63) is 23.2 Å². The Bertz CT molecular complexity index is 227. The largest absolute Gasteiger partial charge is 0.375 e. The molecule has 2 N–H and O–H groups in total. The molecule has 1 aromatic rings. The van der Waals surface area contributed by atoms with E-state index in [0.717, 1.165) is 6.42 Å². The standard InChI is InChI=1S/C7H10N2S/c1-2-3-4-6-5-9-7(8)10-6/h2-3,5H,4H2,1H3,(H2,8,9)/b3-2+. The molecule has 0 amide bonds. The monoisotopic (exact) mass is 154 g/mol. The minimum absolute atomic E-state index is 0.652. The molecule has 0 unspecified atom stereocenters. The van der Waals surface area contributed by atoms with Crippen LogP contribution in [0.25, 0.3) is 0 Å². The fourth-order valence-electron chi connectivity index (χ4n) is 0.651. The lowest BCUT2D eigenvalue weighted by Crippen LogP contribution is -1.77. The van der Waals surface area contributed by atoms with Crippen molar-refractivity contribution in [1.29, 1.82) is 0 Å². The van der Waals surface area contributed by atoms with E-state index in [1.165, 1.54) is 4.88 Å². The first-order valence-corrected chi connectivity index (χ1v) is 3.96. The van der Waals surface area contributed by atoms with Gasteiger partial charge in [0, 0.05) is 17.5 Å². The van der Waals surface area contributed by atoms with Crippen LogP contribution in [-0.2, 0) is 6.42 Å². The Labute approximate surface area is 64.4 Å². The maximum Gasteiger partial charge on any atom is 0.180 e. The molecule has 0 bridgehead atoms. The molecular weight excluding hydrogens is 144 g/mol. The van der Waals surface area contributed by atoms with E-state index in [2.05, 4.69) is 11.1 Å². The zero-order chi connectivity index (χ0) is 7.40. The van der Waals surface area contributed by atoms with Crippen molar-refractivity contribution in [2.75, 3.05) is 5.73 Å². The van der Waals surface area contributed by atoms with E-state index in [-0.39, 0.29) is 0 Å². The third-order valence-corrected chi connectivity index (χ3v) is 1.97. The van der Waals surface area contributed by atoms with Gasteiger partial charge in [-0.05, 0) is 6.92 Å². The van der Waals surface area contributed by atoms with Gasteiger partial charge in [0.15, 0.2) is 5.13 Å². The molecule has 0 aromatic carbocycles. The van der Waals surface area contributed by atoms with Crippen molar-refractivity contribution in [2.24, 2.45) is 0 Å². The minimum atomic E-state index is 0.652. The fourth-order valence-corrected chi connectivity index (χ4v) is 1.31. The second-order valence-electron chi connectivity index (χ2n) is 1.94. The van der Waals surface area contributed by atoms with E-state index < -0.39 is 0 Å². The number of allylic oxidation sites excluding steroid dienone is 2. The molecule has 0 saturated carbocycles. The van der Waals surface area contributed by atoms with Gasteiger partial charge >= 0.3 is 0 Å². The molecule has 1 heterocycles. The van der Waals surface area contributed by atoms with Crippen LogP contribution in [0.5, 0.6) is 0 Å². The smallest absolute Gasteiger partial charge is 0.180 e. The lowest BCUT2D eigenvalue weighted by Gasteiger charge is -1.82. The van der Waals surface area contributed by atoms with Gasteiger partial charge in [-0.15, -0.1) is 11.3 Å². The van der Waals surface area contributed by atoms with Crippen LogP contribution in [-0.4, -0.2) is 4.98 Å². The van der Waals surface area contributed by atoms with Crippen molar-refractivity contribution in [3.63, 3.8) is 0 Å². The molecule has 1 rings (SSSR count). The predicted molar refractivity (Wildman–Crippen MR) is 45.0 cm³/mol. The summed E-state index contributed by atoms with van der Waals surface area (Å²) in [7, 11) is 0. The Kier molecular flexibility index (Phi) is 2.45. The molecule has 2 nitrogen and oxygen atoms in total. The van der Waals surface area contributed by atoms with E-state index in [4.69, 9.17) is 5.73 Å². The lowest BCUT2D eigenvalue weighted by atomic mass is 10.3. The van der Waals surface area contributed by atoms with Crippen LogP contribution in [0.1, 0.15) is 11.8 Å². The number of hydrogen-bond donors (Lipinski definition) is 1. The van der Waals surface area contributed by atoms with Crippen LogP contribution in [0.15, 0.2) is 18.3 Å². The second kappa shape index (κ2) is 3.37.